The summed E-state index contributed by atoms with van der Waals surface area (Å²) in [6, 6.07) is 0. The van der Waals surface area contributed by atoms with Crippen LogP contribution < -0.4 is 0 Å². The lowest BCUT2D eigenvalue weighted by Gasteiger charge is -2.18. The minimum absolute atomic E-state index is 0.103. The maximum absolute atomic E-state index is 12.9. The number of carbonyl (C=O) groups excluding carboxylic acids is 3. The van der Waals surface area contributed by atoms with Crippen LogP contribution in [-0.4, -0.2) is 37.2 Å². The summed E-state index contributed by atoms with van der Waals surface area (Å²) in [6.07, 6.45) is 98.2. The molecule has 0 aliphatic rings. The van der Waals surface area contributed by atoms with Crippen molar-refractivity contribution in [2.45, 2.75) is 284 Å². The van der Waals surface area contributed by atoms with Crippen LogP contribution in [0.1, 0.15) is 278 Å². The van der Waals surface area contributed by atoms with E-state index >= 15 is 0 Å². The van der Waals surface area contributed by atoms with Crippen LogP contribution in [0.2, 0.25) is 0 Å². The molecular formula is C75H120O6. The van der Waals surface area contributed by atoms with Crippen LogP contribution in [0, 0.1) is 0 Å². The summed E-state index contributed by atoms with van der Waals surface area (Å²) in [5.74, 6) is -0.962. The molecule has 6 nitrogen and oxygen atoms in total. The van der Waals surface area contributed by atoms with E-state index in [1.165, 1.54) is 89.9 Å². The molecule has 0 radical (unpaired) electrons. The van der Waals surface area contributed by atoms with Crippen LogP contribution in [0.15, 0.2) is 158 Å². The van der Waals surface area contributed by atoms with Gasteiger partial charge in [0, 0.05) is 19.3 Å². The van der Waals surface area contributed by atoms with Crippen LogP contribution >= 0.6 is 0 Å². The molecule has 0 heterocycles. The van der Waals surface area contributed by atoms with Gasteiger partial charge in [-0.3, -0.25) is 14.4 Å². The summed E-state index contributed by atoms with van der Waals surface area (Å²) in [5, 5.41) is 0. The molecule has 81 heavy (non-hydrogen) atoms. The van der Waals surface area contributed by atoms with Gasteiger partial charge in [-0.05, 0) is 148 Å². The van der Waals surface area contributed by atoms with E-state index in [0.717, 1.165) is 141 Å². The predicted octanol–water partition coefficient (Wildman–Crippen LogP) is 22.9. The fourth-order valence-electron chi connectivity index (χ4n) is 8.62. The van der Waals surface area contributed by atoms with Gasteiger partial charge in [-0.15, -0.1) is 0 Å². The van der Waals surface area contributed by atoms with Crippen molar-refractivity contribution in [1.29, 1.82) is 0 Å². The second-order valence-electron chi connectivity index (χ2n) is 21.3. The Hall–Kier alpha value is -4.97. The van der Waals surface area contributed by atoms with Crippen molar-refractivity contribution in [3.8, 4) is 0 Å². The molecule has 0 rings (SSSR count). The van der Waals surface area contributed by atoms with E-state index in [0.29, 0.717) is 25.7 Å². The lowest BCUT2D eigenvalue weighted by Crippen LogP contribution is -2.30. The monoisotopic (exact) mass is 1120 g/mol. The Morgan fingerprint density at radius 3 is 0.790 bits per heavy atom. The third-order valence-corrected chi connectivity index (χ3v) is 13.5. The maximum atomic E-state index is 12.9. The zero-order valence-corrected chi connectivity index (χ0v) is 52.2. The Morgan fingerprint density at radius 1 is 0.259 bits per heavy atom. The highest BCUT2D eigenvalue weighted by Crippen LogP contribution is 2.15. The standard InChI is InChI=1S/C75H120O6/c1-4-7-10-13-16-19-22-25-27-29-31-33-35-36-37-38-40-41-43-45-47-50-53-56-59-62-65-68-74(77)80-71-72(70-79-73(76)67-64-61-58-55-52-49-24-21-18-15-12-9-6-3)81-75(78)69-66-63-60-57-54-51-48-46-44-42-39-34-32-30-28-26-23-20-17-14-11-8-5-2/h7-8,10-11,16-17,19-21,24-28,31-34,36-37,40-41,45,47,53,56,72H,4-6,9,12-15,18,22-23,29-30,35,38-39,42-44,46,48-52,54-55,57-71H2,1-3H3/b10-7-,11-8-,19-16-,20-17-,24-21-,27-25-,28-26-,33-31-,34-32-,37-36-,41-40-,47-45-,56-53-. The van der Waals surface area contributed by atoms with E-state index in [4.69, 9.17) is 14.2 Å². The maximum Gasteiger partial charge on any atom is 0.306 e. The highest BCUT2D eigenvalue weighted by Gasteiger charge is 2.19. The Morgan fingerprint density at radius 2 is 0.481 bits per heavy atom. The van der Waals surface area contributed by atoms with Crippen LogP contribution in [-0.2, 0) is 28.6 Å². The van der Waals surface area contributed by atoms with E-state index in [1.807, 2.05) is 0 Å². The first-order valence-corrected chi connectivity index (χ1v) is 33.0. The second kappa shape index (κ2) is 67.5. The first-order valence-electron chi connectivity index (χ1n) is 33.0. The molecule has 0 amide bonds. The Bertz CT molecular complexity index is 1810. The number of rotatable bonds is 58. The van der Waals surface area contributed by atoms with Crippen molar-refractivity contribution < 1.29 is 28.6 Å². The number of hydrogen-bond acceptors (Lipinski definition) is 6. The molecule has 0 saturated heterocycles. The van der Waals surface area contributed by atoms with Gasteiger partial charge in [0.2, 0.25) is 0 Å². The average Bonchev–Trinajstić information content (AvgIpc) is 3.46. The third-order valence-electron chi connectivity index (χ3n) is 13.5. The molecule has 0 fully saturated rings. The largest absolute Gasteiger partial charge is 0.462 e. The predicted molar refractivity (Wildman–Crippen MR) is 352 cm³/mol. The lowest BCUT2D eigenvalue weighted by molar-refractivity contribution is -0.167. The van der Waals surface area contributed by atoms with E-state index in [-0.39, 0.29) is 31.1 Å². The van der Waals surface area contributed by atoms with E-state index in [1.54, 1.807) is 0 Å². The summed E-state index contributed by atoms with van der Waals surface area (Å²) >= 11 is 0. The van der Waals surface area contributed by atoms with Gasteiger partial charge in [-0.1, -0.05) is 269 Å². The van der Waals surface area contributed by atoms with Gasteiger partial charge in [0.05, 0.1) is 0 Å². The first kappa shape index (κ1) is 76.0. The molecular weight excluding hydrogens is 997 g/mol. The molecule has 0 aromatic heterocycles. The minimum atomic E-state index is -0.811. The molecule has 0 aromatic carbocycles. The quantitative estimate of drug-likeness (QED) is 0.0261. The zero-order chi connectivity index (χ0) is 58.5. The van der Waals surface area contributed by atoms with Gasteiger partial charge < -0.3 is 14.2 Å². The molecule has 0 aliphatic heterocycles. The number of hydrogen-bond donors (Lipinski definition) is 0. The molecule has 0 aromatic rings. The number of allylic oxidation sites excluding steroid dienone is 26. The fourth-order valence-corrected chi connectivity index (χ4v) is 8.62. The van der Waals surface area contributed by atoms with Crippen molar-refractivity contribution in [3.05, 3.63) is 158 Å². The smallest absolute Gasteiger partial charge is 0.306 e. The van der Waals surface area contributed by atoms with Crippen molar-refractivity contribution in [3.63, 3.8) is 0 Å². The molecule has 0 spiro atoms. The van der Waals surface area contributed by atoms with Gasteiger partial charge in [-0.25, -0.2) is 0 Å². The fraction of sp³-hybridized carbons (Fsp3) is 0.613. The van der Waals surface area contributed by atoms with E-state index < -0.39 is 6.10 Å². The number of ether oxygens (including phenoxy) is 3. The van der Waals surface area contributed by atoms with Gasteiger partial charge in [0.15, 0.2) is 6.10 Å². The first-order chi connectivity index (χ1) is 40.0. The topological polar surface area (TPSA) is 78.9 Å². The van der Waals surface area contributed by atoms with Crippen molar-refractivity contribution in [2.75, 3.05) is 13.2 Å². The molecule has 1 atom stereocenters. The summed E-state index contributed by atoms with van der Waals surface area (Å²) in [7, 11) is 0. The number of esters is 3. The van der Waals surface area contributed by atoms with Gasteiger partial charge >= 0.3 is 17.9 Å². The van der Waals surface area contributed by atoms with E-state index in [2.05, 4.69) is 179 Å². The minimum Gasteiger partial charge on any atom is -0.462 e. The summed E-state index contributed by atoms with van der Waals surface area (Å²) in [5.41, 5.74) is 0. The van der Waals surface area contributed by atoms with Gasteiger partial charge in [-0.2, -0.15) is 0 Å². The molecule has 0 saturated carbocycles. The SMILES string of the molecule is CC/C=C\C/C=C\C/C=C\C/C=C\C/C=C\C/C=C\C/C=C\C/C=C\CCCCC(=O)OCC(COC(=O)CCCCCCC/C=C\CCCCCC)OC(=O)CCCCCCCCCCCC/C=C\C/C=C\C/C=C\C/C=C\CC. The second-order valence-corrected chi connectivity index (χ2v) is 21.3. The normalized spacial score (nSPS) is 13.2. The lowest BCUT2D eigenvalue weighted by atomic mass is 10.0. The molecule has 0 N–H and O–H groups in total. The van der Waals surface area contributed by atoms with Gasteiger partial charge in [0.25, 0.3) is 0 Å². The van der Waals surface area contributed by atoms with E-state index in [9.17, 15) is 14.4 Å². The van der Waals surface area contributed by atoms with Crippen LogP contribution in [0.4, 0.5) is 0 Å². The summed E-state index contributed by atoms with van der Waals surface area (Å²) < 4.78 is 16.9. The van der Waals surface area contributed by atoms with Crippen LogP contribution in [0.5, 0.6) is 0 Å². The molecule has 1 unspecified atom stereocenters. The molecule has 0 bridgehead atoms. The Balaban J connectivity index is 4.45. The molecule has 6 heteroatoms. The Kier molecular flexibility index (Phi) is 63.4. The molecule has 0 aliphatic carbocycles. The van der Waals surface area contributed by atoms with Gasteiger partial charge in [0.1, 0.15) is 13.2 Å². The average molecular weight is 1120 g/mol. The van der Waals surface area contributed by atoms with Crippen molar-refractivity contribution in [2.24, 2.45) is 0 Å². The summed E-state index contributed by atoms with van der Waals surface area (Å²) in [4.78, 5) is 38.3. The number of carbonyl (C=O) groups is 3. The van der Waals surface area contributed by atoms with Crippen LogP contribution in [0.3, 0.4) is 0 Å². The molecule has 456 valence electrons. The van der Waals surface area contributed by atoms with Crippen molar-refractivity contribution >= 4 is 17.9 Å². The highest BCUT2D eigenvalue weighted by atomic mass is 16.6. The highest BCUT2D eigenvalue weighted by molar-refractivity contribution is 5.71. The van der Waals surface area contributed by atoms with Crippen LogP contribution in [0.25, 0.3) is 0 Å². The summed E-state index contributed by atoms with van der Waals surface area (Å²) in [6.45, 7) is 6.35. The Labute approximate surface area is 499 Å². The zero-order valence-electron chi connectivity index (χ0n) is 52.2. The third kappa shape index (κ3) is 65.7. The van der Waals surface area contributed by atoms with Crippen molar-refractivity contribution in [1.82, 2.24) is 0 Å². The number of unbranched alkanes of at least 4 members (excludes halogenated alkanes) is 21.